The number of nitrogen functional groups attached to an aromatic ring is 5. The molecule has 6 aliphatic heterocycles. The maximum absolute atomic E-state index is 10.2. The molecule has 4 atom stereocenters. The largest absolute Gasteiger partial charge is 0.492 e. The molecule has 1 unspecified atom stereocenters. The molecule has 1 aliphatic carbocycles. The van der Waals surface area contributed by atoms with Gasteiger partial charge < -0.3 is 74.4 Å². The van der Waals surface area contributed by atoms with Crippen LogP contribution in [0.15, 0.2) is 184 Å². The molecule has 25 nitrogen and oxygen atoms in total. The molecule has 6 aromatic heterocycles. The number of anilines is 9. The molecule has 1 saturated carbocycles. The predicted octanol–water partition coefficient (Wildman–Crippen LogP) is 13.9. The Morgan fingerprint density at radius 3 is 1.45 bits per heavy atom. The van der Waals surface area contributed by atoms with Crippen molar-refractivity contribution in [3.63, 3.8) is 0 Å². The average Bonchev–Trinajstić information content (AvgIpc) is 1.19. The second kappa shape index (κ2) is 35.7. The monoisotopic (exact) mass is 1500 g/mol. The molecule has 0 radical (unpaired) electrons. The van der Waals surface area contributed by atoms with Crippen LogP contribution in [0.2, 0.25) is 0 Å². The number of nitrogens with one attached hydrogen (secondary N) is 4. The van der Waals surface area contributed by atoms with Crippen molar-refractivity contribution in [1.29, 1.82) is 0 Å². The summed E-state index contributed by atoms with van der Waals surface area (Å²) in [4.78, 5) is 39.2. The number of nitrogens with zero attached hydrogens (tertiary/aromatic N) is 11. The number of hydrogen-bond donors (Lipinski definition) is 11. The van der Waals surface area contributed by atoms with E-state index in [1.165, 1.54) is 22.3 Å². The van der Waals surface area contributed by atoms with E-state index in [2.05, 4.69) is 152 Å². The zero-order valence-electron chi connectivity index (χ0n) is 63.6. The van der Waals surface area contributed by atoms with E-state index in [4.69, 9.17) is 42.9 Å². The first-order valence-electron chi connectivity index (χ1n) is 38.5. The molecule has 3 fully saturated rings. The highest BCUT2D eigenvalue weighted by molar-refractivity contribution is 6.01. The normalized spacial score (nSPS) is 17.9. The molecule has 2 saturated heterocycles. The summed E-state index contributed by atoms with van der Waals surface area (Å²) < 4.78 is 18.7. The van der Waals surface area contributed by atoms with Crippen molar-refractivity contribution in [2.24, 2.45) is 25.4 Å². The zero-order valence-corrected chi connectivity index (χ0v) is 63.6. The van der Waals surface area contributed by atoms with E-state index in [0.29, 0.717) is 61.4 Å². The fraction of sp³-hybridized carbons (Fsp3) is 0.310. The van der Waals surface area contributed by atoms with Gasteiger partial charge in [-0.25, -0.2) is 29.6 Å². The van der Waals surface area contributed by atoms with Gasteiger partial charge in [-0.05, 0) is 162 Å². The standard InChI is InChI=1S/C19H22N4O.C19H21N3O2.C17H18N4O.C16H19N5.C16H18N4O/c20-19-10-17(22-15-3-1-2-4-18(15)24)14-6-5-12(9-16(14)23-19)13-7-8-21-11-13;1-2-19(10-23-11-19)12-24-17-8-18(20)22-16-7-13(3-4-15(16)17)14-5-6-21-9-14;18-17-8-16(20-13-4-6-22-10-13)14-2-1-11(7-15(14)21-17)12-3-5-19-9-12;1-2-3-7-18-14-11-16(17)20-15-10-12(5-6-13(14)15)21-9-4-8-19-21;1-10(21)8-19-14-7-16(17)20-15-6-11(2-3-13(14)15)12-4-5-18-9-12/h5-10,15,18,24H,1-4,11H2,(H3,20,22,23);3-8H,2,9-12H2,1H3,(H2,20,22);1-3,5,7-8,13H,4,6,9-10H2,(H3,18,20,21);4-6,8-11H,2-3,7H2,1H3,(H3,17,18,20);2-7,10,21H,8-9H2,1H3,(H3,17,19,20)/t15-,18+;;;;10-/m1...0/s1. The minimum atomic E-state index is -0.422. The summed E-state index contributed by atoms with van der Waals surface area (Å²) in [7, 11) is 0. The lowest BCUT2D eigenvalue weighted by Crippen LogP contribution is -2.46. The van der Waals surface area contributed by atoms with Crippen LogP contribution in [0.3, 0.4) is 0 Å². The highest BCUT2D eigenvalue weighted by Gasteiger charge is 2.38. The van der Waals surface area contributed by atoms with E-state index in [-0.39, 0.29) is 17.6 Å². The molecule has 5 aromatic carbocycles. The highest BCUT2D eigenvalue weighted by Crippen LogP contribution is 2.38. The highest BCUT2D eigenvalue weighted by atomic mass is 16.5. The molecular weight excluding hydrogens is 1410 g/mol. The van der Waals surface area contributed by atoms with Gasteiger partial charge >= 0.3 is 0 Å². The first kappa shape index (κ1) is 76.6. The fourth-order valence-electron chi connectivity index (χ4n) is 14.4. The van der Waals surface area contributed by atoms with Gasteiger partial charge in [0, 0.05) is 137 Å². The van der Waals surface area contributed by atoms with Crippen molar-refractivity contribution < 1.29 is 24.4 Å². The van der Waals surface area contributed by atoms with Crippen LogP contribution in [-0.2, 0) is 9.47 Å². The van der Waals surface area contributed by atoms with E-state index in [1.54, 1.807) is 19.2 Å². The first-order chi connectivity index (χ1) is 54.6. The molecule has 25 heteroatoms. The van der Waals surface area contributed by atoms with Gasteiger partial charge in [0.25, 0.3) is 0 Å². The van der Waals surface area contributed by atoms with Gasteiger partial charge in [-0.1, -0.05) is 75.6 Å². The molecule has 16 N–H and O–H groups in total. The van der Waals surface area contributed by atoms with Crippen molar-refractivity contribution in [1.82, 2.24) is 34.7 Å². The van der Waals surface area contributed by atoms with E-state index < -0.39 is 6.10 Å². The van der Waals surface area contributed by atoms with Crippen LogP contribution in [0.25, 0.3) is 82.5 Å². The van der Waals surface area contributed by atoms with E-state index >= 15 is 0 Å². The number of rotatable bonds is 20. The summed E-state index contributed by atoms with van der Waals surface area (Å²) in [6.07, 6.45) is 26.9. The van der Waals surface area contributed by atoms with Crippen LogP contribution in [0.4, 0.5) is 51.8 Å². The maximum Gasteiger partial charge on any atom is 0.132 e. The Labute approximate surface area is 651 Å². The number of pyridine rings is 5. The number of benzene rings is 5. The predicted molar refractivity (Wildman–Crippen MR) is 461 cm³/mol. The van der Waals surface area contributed by atoms with Crippen LogP contribution >= 0.6 is 0 Å². The Morgan fingerprint density at radius 2 is 1.00 bits per heavy atom. The third-order valence-electron chi connectivity index (χ3n) is 20.8. The lowest BCUT2D eigenvalue weighted by atomic mass is 9.84. The van der Waals surface area contributed by atoms with Gasteiger partial charge in [-0.15, -0.1) is 0 Å². The van der Waals surface area contributed by atoms with Gasteiger partial charge in [0.05, 0.1) is 116 Å². The quantitative estimate of drug-likeness (QED) is 0.0316. The molecule has 12 heterocycles. The zero-order chi connectivity index (χ0) is 77.5. The van der Waals surface area contributed by atoms with E-state index in [9.17, 15) is 10.2 Å². The van der Waals surface area contributed by atoms with Crippen molar-refractivity contribution in [3.05, 3.63) is 186 Å². The van der Waals surface area contributed by atoms with Crippen molar-refractivity contribution >= 4 is 154 Å². The number of hydrogen-bond acceptors (Lipinski definition) is 24. The number of aliphatic hydroxyl groups excluding tert-OH is 2. The number of nitrogens with two attached hydrogens (primary N) is 5. The molecule has 0 spiro atoms. The fourth-order valence-corrected chi connectivity index (χ4v) is 14.4. The number of unbranched alkanes of at least 4 members (excludes halogenated alkanes) is 1. The molecule has 0 amide bonds. The van der Waals surface area contributed by atoms with Crippen LogP contribution in [0, 0.1) is 5.41 Å². The molecule has 7 aliphatic rings. The van der Waals surface area contributed by atoms with Crippen LogP contribution in [0.1, 0.15) is 94.4 Å². The minimum Gasteiger partial charge on any atom is -0.492 e. The second-order valence-corrected chi connectivity index (χ2v) is 29.2. The summed E-state index contributed by atoms with van der Waals surface area (Å²) in [5.41, 5.74) is 48.5. The number of aliphatic imine (C=N–C) groups is 4. The molecule has 576 valence electrons. The van der Waals surface area contributed by atoms with Gasteiger partial charge in [0.1, 0.15) is 34.8 Å². The van der Waals surface area contributed by atoms with Crippen molar-refractivity contribution in [2.45, 2.75) is 96.4 Å². The third kappa shape index (κ3) is 18.8. The number of aromatic nitrogens is 7. The molecule has 112 heavy (non-hydrogen) atoms. The second-order valence-electron chi connectivity index (χ2n) is 29.2. The van der Waals surface area contributed by atoms with Crippen LogP contribution in [-0.4, -0.2) is 166 Å². The summed E-state index contributed by atoms with van der Waals surface area (Å²) in [6, 6.07) is 42.6. The number of fused-ring (bicyclic) bond motifs is 5. The van der Waals surface area contributed by atoms with Crippen LogP contribution < -0.4 is 54.7 Å². The first-order valence-corrected chi connectivity index (χ1v) is 38.5. The van der Waals surface area contributed by atoms with Crippen LogP contribution in [0.5, 0.6) is 5.75 Å². The number of aliphatic hydroxyl groups is 2. The Bertz CT molecular complexity index is 5460. The van der Waals surface area contributed by atoms with E-state index in [0.717, 1.165) is 208 Å². The Morgan fingerprint density at radius 1 is 0.536 bits per heavy atom. The number of ether oxygens (including phenoxy) is 3. The smallest absolute Gasteiger partial charge is 0.132 e. The molecular formula is C87H98N20O5. The molecule has 0 bridgehead atoms. The van der Waals surface area contributed by atoms with Gasteiger partial charge in [-0.2, -0.15) is 5.10 Å². The van der Waals surface area contributed by atoms with Crippen molar-refractivity contribution in [3.8, 4) is 11.4 Å². The van der Waals surface area contributed by atoms with Gasteiger partial charge in [-0.3, -0.25) is 20.0 Å². The lowest BCUT2D eigenvalue weighted by molar-refractivity contribution is -0.133. The molecule has 18 rings (SSSR count). The Balaban J connectivity index is 0.000000116. The lowest BCUT2D eigenvalue weighted by Gasteiger charge is -2.40. The number of allylic oxidation sites excluding steroid dienone is 4. The average molecular weight is 1500 g/mol. The summed E-state index contributed by atoms with van der Waals surface area (Å²) in [5, 5.41) is 42.7. The van der Waals surface area contributed by atoms with Gasteiger partial charge in [0.15, 0.2) is 0 Å². The molecule has 11 aromatic rings. The Kier molecular flexibility index (Phi) is 24.4. The summed E-state index contributed by atoms with van der Waals surface area (Å²) in [5.74, 6) is 3.28. The third-order valence-corrected chi connectivity index (χ3v) is 20.8. The van der Waals surface area contributed by atoms with E-state index in [1.807, 2.05) is 115 Å². The van der Waals surface area contributed by atoms with Gasteiger partial charge in [0.2, 0.25) is 0 Å². The van der Waals surface area contributed by atoms with Crippen molar-refractivity contribution in [2.75, 3.05) is 122 Å². The Hall–Kier alpha value is -12.2. The minimum absolute atomic E-state index is 0.0781. The summed E-state index contributed by atoms with van der Waals surface area (Å²) >= 11 is 0. The SMILES string of the molecule is CCC1(COc2cc(N)nc3cc(C4=CC=NC4)ccc23)COC1.CCCCNc1cc(N)nc2cc(-n3cccn3)ccc12.C[C@H](O)CNc1cc(N)nc2cc(C3=CC=NC3)ccc12.Nc1cc(NC2CCOC2)c2ccc(C3=CC=NC3)cc2n1.Nc1cc(N[C@@H]2CCCC[C@@H]2O)c2ccc(C3=CC=NC3)cc2n1. The topological polar surface area (TPSA) is 378 Å². The summed E-state index contributed by atoms with van der Waals surface area (Å²) in [6.45, 7) is 14.1. The maximum atomic E-state index is 10.2.